The summed E-state index contributed by atoms with van der Waals surface area (Å²) in [7, 11) is 1.30. The van der Waals surface area contributed by atoms with Crippen LogP contribution in [0.3, 0.4) is 0 Å². The molecule has 0 heterocycles. The van der Waals surface area contributed by atoms with E-state index in [1.165, 1.54) is 25.3 Å². The van der Waals surface area contributed by atoms with Gasteiger partial charge in [-0.05, 0) is 32.9 Å². The number of carbonyl (C=O) groups excluding carboxylic acids is 1. The Labute approximate surface area is 112 Å². The first-order valence-electron chi connectivity index (χ1n) is 5.96. The summed E-state index contributed by atoms with van der Waals surface area (Å²) in [4.78, 5) is 11.5. The van der Waals surface area contributed by atoms with Crippen molar-refractivity contribution in [1.29, 1.82) is 0 Å². The number of carbonyl (C=O) groups is 1. The normalized spacial score (nSPS) is 12.9. The van der Waals surface area contributed by atoms with E-state index in [9.17, 15) is 14.3 Å². The third-order valence-corrected chi connectivity index (χ3v) is 2.75. The predicted molar refractivity (Wildman–Crippen MR) is 68.3 cm³/mol. The Morgan fingerprint density at radius 3 is 2.63 bits per heavy atom. The van der Waals surface area contributed by atoms with Gasteiger partial charge in [-0.1, -0.05) is 0 Å². The molecule has 5 heteroatoms. The number of hydrogen-bond acceptors (Lipinski definition) is 4. The van der Waals surface area contributed by atoms with E-state index in [0.29, 0.717) is 5.56 Å². The summed E-state index contributed by atoms with van der Waals surface area (Å²) in [6, 6.07) is 3.90. The molecule has 4 nitrogen and oxygen atoms in total. The number of aliphatic hydroxyl groups is 1. The zero-order chi connectivity index (χ0) is 14.6. The first kappa shape index (κ1) is 15.4. The fourth-order valence-electron chi connectivity index (χ4n) is 1.57. The van der Waals surface area contributed by atoms with E-state index in [4.69, 9.17) is 4.74 Å². The minimum atomic E-state index is -0.850. The number of rotatable bonds is 5. The Morgan fingerprint density at radius 2 is 2.11 bits per heavy atom. The predicted octanol–water partition coefficient (Wildman–Crippen LogP) is 2.46. The van der Waals surface area contributed by atoms with Crippen molar-refractivity contribution in [1.82, 2.24) is 0 Å². The van der Waals surface area contributed by atoms with E-state index in [1.807, 2.05) is 0 Å². The van der Waals surface area contributed by atoms with Crippen LogP contribution >= 0.6 is 0 Å². The summed E-state index contributed by atoms with van der Waals surface area (Å²) in [5.74, 6) is -0.648. The maximum Gasteiger partial charge on any atom is 0.314 e. The molecule has 0 saturated heterocycles. The summed E-state index contributed by atoms with van der Waals surface area (Å²) < 4.78 is 23.3. The molecule has 1 aromatic rings. The molecule has 106 valence electrons. The first-order valence-corrected chi connectivity index (χ1v) is 5.96. The van der Waals surface area contributed by atoms with Crippen LogP contribution in [0.5, 0.6) is 5.75 Å². The summed E-state index contributed by atoms with van der Waals surface area (Å²) >= 11 is 0. The van der Waals surface area contributed by atoms with E-state index in [1.54, 1.807) is 20.8 Å². The van der Waals surface area contributed by atoms with Crippen LogP contribution in [0.15, 0.2) is 18.2 Å². The minimum Gasteiger partial charge on any atom is -0.492 e. The van der Waals surface area contributed by atoms with Crippen molar-refractivity contribution in [2.75, 3.05) is 13.7 Å². The minimum absolute atomic E-state index is 0.0306. The van der Waals surface area contributed by atoms with Crippen LogP contribution in [0.2, 0.25) is 0 Å². The summed E-state index contributed by atoms with van der Waals surface area (Å²) in [5, 5.41) is 9.59. The van der Waals surface area contributed by atoms with E-state index in [-0.39, 0.29) is 12.4 Å². The van der Waals surface area contributed by atoms with Crippen molar-refractivity contribution in [3.05, 3.63) is 29.6 Å². The van der Waals surface area contributed by atoms with Crippen LogP contribution in [0, 0.1) is 11.2 Å². The van der Waals surface area contributed by atoms with Gasteiger partial charge < -0.3 is 14.6 Å². The van der Waals surface area contributed by atoms with Gasteiger partial charge in [0, 0.05) is 11.6 Å². The zero-order valence-electron chi connectivity index (χ0n) is 11.6. The maximum atomic E-state index is 13.2. The lowest BCUT2D eigenvalue weighted by Crippen LogP contribution is -2.32. The standard InChI is InChI=1S/C14H19FO4/c1-9(16)11-6-5-10(15)7-12(11)19-8-14(2,3)13(17)18-4/h5-7,9,16H,8H2,1-4H3/t9-/m0/s1. The molecule has 0 aliphatic carbocycles. The maximum absolute atomic E-state index is 13.2. The quantitative estimate of drug-likeness (QED) is 0.835. The van der Waals surface area contributed by atoms with Crippen molar-refractivity contribution < 1.29 is 23.8 Å². The van der Waals surface area contributed by atoms with Gasteiger partial charge in [-0.3, -0.25) is 4.79 Å². The van der Waals surface area contributed by atoms with Crippen molar-refractivity contribution in [2.24, 2.45) is 5.41 Å². The van der Waals surface area contributed by atoms with Crippen molar-refractivity contribution in [3.8, 4) is 5.75 Å². The summed E-state index contributed by atoms with van der Waals surface area (Å²) in [6.07, 6.45) is -0.781. The average Bonchev–Trinajstić information content (AvgIpc) is 2.35. The highest BCUT2D eigenvalue weighted by Gasteiger charge is 2.30. The van der Waals surface area contributed by atoms with E-state index in [2.05, 4.69) is 4.74 Å². The van der Waals surface area contributed by atoms with E-state index >= 15 is 0 Å². The Hall–Kier alpha value is -1.62. The average molecular weight is 270 g/mol. The van der Waals surface area contributed by atoms with Crippen LogP contribution < -0.4 is 4.74 Å². The molecule has 1 atom stereocenters. The van der Waals surface area contributed by atoms with Gasteiger partial charge in [-0.15, -0.1) is 0 Å². The monoisotopic (exact) mass is 270 g/mol. The number of aliphatic hydroxyl groups excluding tert-OH is 1. The van der Waals surface area contributed by atoms with Crippen molar-refractivity contribution in [3.63, 3.8) is 0 Å². The highest BCUT2D eigenvalue weighted by Crippen LogP contribution is 2.28. The Kier molecular flexibility index (Phi) is 4.89. The molecule has 0 fully saturated rings. The van der Waals surface area contributed by atoms with Gasteiger partial charge in [0.05, 0.1) is 18.6 Å². The zero-order valence-corrected chi connectivity index (χ0v) is 11.6. The SMILES string of the molecule is COC(=O)C(C)(C)COc1cc(F)ccc1[C@H](C)O. The van der Waals surface area contributed by atoms with Gasteiger partial charge in [-0.2, -0.15) is 0 Å². The molecule has 0 saturated carbocycles. The first-order chi connectivity index (χ1) is 8.77. The highest BCUT2D eigenvalue weighted by atomic mass is 19.1. The molecule has 0 aliphatic rings. The lowest BCUT2D eigenvalue weighted by atomic mass is 9.95. The van der Waals surface area contributed by atoms with Gasteiger partial charge in [-0.25, -0.2) is 4.39 Å². The largest absolute Gasteiger partial charge is 0.492 e. The fourth-order valence-corrected chi connectivity index (χ4v) is 1.57. The molecule has 0 aromatic heterocycles. The third-order valence-electron chi connectivity index (χ3n) is 2.75. The molecule has 0 aliphatic heterocycles. The molecular formula is C14H19FO4. The third kappa shape index (κ3) is 3.92. The lowest BCUT2D eigenvalue weighted by molar-refractivity contribution is -0.152. The van der Waals surface area contributed by atoms with E-state index < -0.39 is 23.3 Å². The number of halogens is 1. The molecule has 19 heavy (non-hydrogen) atoms. The topological polar surface area (TPSA) is 55.8 Å². The van der Waals surface area contributed by atoms with Gasteiger partial charge >= 0.3 is 5.97 Å². The molecule has 0 amide bonds. The van der Waals surface area contributed by atoms with Gasteiger partial charge in [0.1, 0.15) is 18.2 Å². The smallest absolute Gasteiger partial charge is 0.314 e. The molecule has 1 aromatic carbocycles. The molecule has 0 bridgehead atoms. The van der Waals surface area contributed by atoms with Crippen LogP contribution in [0.25, 0.3) is 0 Å². The van der Waals surface area contributed by atoms with Crippen LogP contribution in [0.4, 0.5) is 4.39 Å². The van der Waals surface area contributed by atoms with Crippen LogP contribution in [-0.4, -0.2) is 24.8 Å². The molecular weight excluding hydrogens is 251 g/mol. The number of methoxy groups -OCH3 is 1. The Bertz CT molecular complexity index is 455. The number of ether oxygens (including phenoxy) is 2. The fraction of sp³-hybridized carbons (Fsp3) is 0.500. The number of hydrogen-bond donors (Lipinski definition) is 1. The molecule has 1 N–H and O–H groups in total. The second-order valence-electron chi connectivity index (χ2n) is 5.02. The molecule has 0 unspecified atom stereocenters. The second-order valence-corrected chi connectivity index (χ2v) is 5.02. The summed E-state index contributed by atoms with van der Waals surface area (Å²) in [5.41, 5.74) is -0.376. The lowest BCUT2D eigenvalue weighted by Gasteiger charge is -2.23. The van der Waals surface area contributed by atoms with Crippen LogP contribution in [-0.2, 0) is 9.53 Å². The van der Waals surface area contributed by atoms with Crippen molar-refractivity contribution in [2.45, 2.75) is 26.9 Å². The van der Waals surface area contributed by atoms with Crippen LogP contribution in [0.1, 0.15) is 32.4 Å². The van der Waals surface area contributed by atoms with Gasteiger partial charge in [0.2, 0.25) is 0 Å². The Balaban J connectivity index is 2.88. The number of benzene rings is 1. The molecule has 0 spiro atoms. The van der Waals surface area contributed by atoms with Crippen molar-refractivity contribution >= 4 is 5.97 Å². The Morgan fingerprint density at radius 1 is 1.47 bits per heavy atom. The second kappa shape index (κ2) is 6.02. The summed E-state index contributed by atoms with van der Waals surface area (Å²) in [6.45, 7) is 4.93. The molecule has 0 radical (unpaired) electrons. The molecule has 1 rings (SSSR count). The highest BCUT2D eigenvalue weighted by molar-refractivity contribution is 5.75. The van der Waals surface area contributed by atoms with Gasteiger partial charge in [0.25, 0.3) is 0 Å². The van der Waals surface area contributed by atoms with Gasteiger partial charge in [0.15, 0.2) is 0 Å². The van der Waals surface area contributed by atoms with E-state index in [0.717, 1.165) is 0 Å². The number of esters is 1.